The fourth-order valence-corrected chi connectivity index (χ4v) is 5.30. The molecule has 2 heterocycles. The molecule has 2 fully saturated rings. The Morgan fingerprint density at radius 3 is 2.69 bits per heavy atom. The first-order valence-corrected chi connectivity index (χ1v) is 12.3. The first-order valence-electron chi connectivity index (χ1n) is 12.3. The Bertz CT molecular complexity index is 1310. The minimum Gasteiger partial charge on any atom is -0.494 e. The topological polar surface area (TPSA) is 77.7 Å². The standard InChI is InChI=1S/C29H33N3O3/c1-5-34-19(3)20-13-26(23-7-6-11-31-27(23)14-20)29(9-10-29)25-16-22(15-24(18(25)2)28(30)33)35-17-21-8-12-32(21)4/h6-7,11,13-16,21H,3,5,8-10,12,17H2,1-2,4H3,(H2,30,33). The fourth-order valence-electron chi connectivity index (χ4n) is 5.30. The van der Waals surface area contributed by atoms with Crippen molar-refractivity contribution >= 4 is 22.6 Å². The highest BCUT2D eigenvalue weighted by atomic mass is 16.5. The molecule has 182 valence electrons. The molecule has 5 rings (SSSR count). The molecule has 2 N–H and O–H groups in total. The number of rotatable bonds is 9. The Labute approximate surface area is 206 Å². The molecule has 1 saturated carbocycles. The van der Waals surface area contributed by atoms with Crippen molar-refractivity contribution in [1.82, 2.24) is 9.88 Å². The monoisotopic (exact) mass is 471 g/mol. The van der Waals surface area contributed by atoms with E-state index in [1.54, 1.807) is 12.3 Å². The number of benzene rings is 2. The van der Waals surface area contributed by atoms with Gasteiger partial charge in [-0.1, -0.05) is 12.6 Å². The van der Waals surface area contributed by atoms with E-state index < -0.39 is 5.91 Å². The highest BCUT2D eigenvalue weighted by Crippen LogP contribution is 2.57. The van der Waals surface area contributed by atoms with Crippen molar-refractivity contribution in [2.24, 2.45) is 5.73 Å². The highest BCUT2D eigenvalue weighted by molar-refractivity contribution is 5.96. The van der Waals surface area contributed by atoms with E-state index in [1.807, 2.05) is 26.0 Å². The summed E-state index contributed by atoms with van der Waals surface area (Å²) < 4.78 is 11.9. The molecular weight excluding hydrogens is 438 g/mol. The van der Waals surface area contributed by atoms with Crippen LogP contribution >= 0.6 is 0 Å². The van der Waals surface area contributed by atoms with Crippen molar-refractivity contribution in [3.05, 3.63) is 77.0 Å². The molecule has 0 radical (unpaired) electrons. The van der Waals surface area contributed by atoms with Crippen molar-refractivity contribution in [1.29, 1.82) is 0 Å². The quantitative estimate of drug-likeness (QED) is 0.453. The number of hydrogen-bond donors (Lipinski definition) is 1. The smallest absolute Gasteiger partial charge is 0.249 e. The molecule has 6 heteroatoms. The minimum atomic E-state index is -0.434. The first kappa shape index (κ1) is 23.4. The van der Waals surface area contributed by atoms with Gasteiger partial charge >= 0.3 is 0 Å². The van der Waals surface area contributed by atoms with Gasteiger partial charge < -0.3 is 15.2 Å². The van der Waals surface area contributed by atoms with Gasteiger partial charge in [0.1, 0.15) is 18.1 Å². The Morgan fingerprint density at radius 2 is 2.06 bits per heavy atom. The molecular formula is C29H33N3O3. The molecule has 3 aromatic rings. The molecule has 2 aliphatic rings. The molecule has 6 nitrogen and oxygen atoms in total. The number of likely N-dealkylation sites (N-methyl/N-ethyl adjacent to an activating group) is 1. The number of carbonyl (C=O) groups is 1. The number of pyridine rings is 1. The number of nitrogens with zero attached hydrogens (tertiary/aromatic N) is 2. The largest absolute Gasteiger partial charge is 0.494 e. The molecule has 1 aliphatic heterocycles. The van der Waals surface area contributed by atoms with Crippen molar-refractivity contribution in [3.8, 4) is 5.75 Å². The third kappa shape index (κ3) is 4.16. The van der Waals surface area contributed by atoms with Crippen molar-refractivity contribution in [2.75, 3.05) is 26.8 Å². The SMILES string of the molecule is C=C(OCC)c1cc(C2(c3cc(OCC4CCN4C)cc(C(N)=O)c3C)CC2)c2cccnc2c1. The number of amides is 1. The second kappa shape index (κ2) is 9.00. The summed E-state index contributed by atoms with van der Waals surface area (Å²) in [7, 11) is 2.11. The molecule has 1 saturated heterocycles. The maximum atomic E-state index is 12.4. The van der Waals surface area contributed by atoms with Crippen LogP contribution in [-0.2, 0) is 10.2 Å². The Hall–Kier alpha value is -3.38. The number of ether oxygens (including phenoxy) is 2. The Balaban J connectivity index is 1.63. The summed E-state index contributed by atoms with van der Waals surface area (Å²) in [5.74, 6) is 0.896. The van der Waals surface area contributed by atoms with Crippen molar-refractivity contribution in [2.45, 2.75) is 44.6 Å². The number of likely N-dealkylation sites (tertiary alicyclic amines) is 1. The van der Waals surface area contributed by atoms with Crippen LogP contribution in [-0.4, -0.2) is 48.6 Å². The van der Waals surface area contributed by atoms with E-state index in [4.69, 9.17) is 15.2 Å². The van der Waals surface area contributed by atoms with Gasteiger partial charge in [0.05, 0.1) is 12.1 Å². The maximum absolute atomic E-state index is 12.4. The van der Waals surface area contributed by atoms with Crippen molar-refractivity contribution in [3.63, 3.8) is 0 Å². The van der Waals surface area contributed by atoms with Crippen LogP contribution in [0.4, 0.5) is 0 Å². The average Bonchev–Trinajstić information content (AvgIpc) is 3.65. The third-order valence-corrected chi connectivity index (χ3v) is 7.67. The number of hydrogen-bond acceptors (Lipinski definition) is 5. The maximum Gasteiger partial charge on any atom is 0.249 e. The number of fused-ring (bicyclic) bond motifs is 1. The number of carbonyl (C=O) groups excluding carboxylic acids is 1. The molecule has 0 bridgehead atoms. The van der Waals surface area contributed by atoms with Gasteiger partial charge in [-0.15, -0.1) is 0 Å². The van der Waals surface area contributed by atoms with Gasteiger partial charge in [0.15, 0.2) is 0 Å². The van der Waals surface area contributed by atoms with Crippen LogP contribution in [0, 0.1) is 6.92 Å². The van der Waals surface area contributed by atoms with Crippen LogP contribution in [0.3, 0.4) is 0 Å². The zero-order chi connectivity index (χ0) is 24.7. The summed E-state index contributed by atoms with van der Waals surface area (Å²) in [6.45, 7) is 10.3. The molecule has 1 unspecified atom stereocenters. The first-order chi connectivity index (χ1) is 16.8. The lowest BCUT2D eigenvalue weighted by molar-refractivity contribution is 0.0767. The van der Waals surface area contributed by atoms with Crippen LogP contribution in [0.15, 0.2) is 49.2 Å². The van der Waals surface area contributed by atoms with E-state index in [0.29, 0.717) is 36.3 Å². The second-order valence-electron chi connectivity index (χ2n) is 9.77. The Morgan fingerprint density at radius 1 is 1.26 bits per heavy atom. The summed E-state index contributed by atoms with van der Waals surface area (Å²) in [5.41, 5.74) is 11.1. The minimum absolute atomic E-state index is 0.245. The Kier molecular flexibility index (Phi) is 6.01. The highest BCUT2D eigenvalue weighted by Gasteiger charge is 2.48. The molecule has 0 spiro atoms. The molecule has 1 atom stereocenters. The van der Waals surface area contributed by atoms with E-state index >= 15 is 0 Å². The molecule has 2 aromatic carbocycles. The van der Waals surface area contributed by atoms with Gasteiger partial charge in [0.2, 0.25) is 5.91 Å². The van der Waals surface area contributed by atoms with E-state index in [-0.39, 0.29) is 5.41 Å². The summed E-state index contributed by atoms with van der Waals surface area (Å²) in [6.07, 6.45) is 4.86. The summed E-state index contributed by atoms with van der Waals surface area (Å²) >= 11 is 0. The summed E-state index contributed by atoms with van der Waals surface area (Å²) in [4.78, 5) is 19.3. The molecule has 1 aliphatic carbocycles. The van der Waals surface area contributed by atoms with Gasteiger partial charge in [-0.25, -0.2) is 0 Å². The van der Waals surface area contributed by atoms with Gasteiger partial charge in [-0.3, -0.25) is 14.7 Å². The lowest BCUT2D eigenvalue weighted by Gasteiger charge is -2.37. The molecule has 35 heavy (non-hydrogen) atoms. The second-order valence-corrected chi connectivity index (χ2v) is 9.77. The average molecular weight is 472 g/mol. The van der Waals surface area contributed by atoms with E-state index in [2.05, 4.69) is 41.7 Å². The van der Waals surface area contributed by atoms with E-state index in [0.717, 1.165) is 53.4 Å². The lowest BCUT2D eigenvalue weighted by atomic mass is 9.81. The van der Waals surface area contributed by atoms with Crippen LogP contribution in [0.25, 0.3) is 16.7 Å². The van der Waals surface area contributed by atoms with E-state index in [1.165, 1.54) is 5.56 Å². The fraction of sp³-hybridized carbons (Fsp3) is 0.379. The van der Waals surface area contributed by atoms with E-state index in [9.17, 15) is 4.79 Å². The normalized spacial score (nSPS) is 18.7. The van der Waals surface area contributed by atoms with Crippen LogP contribution < -0.4 is 10.5 Å². The van der Waals surface area contributed by atoms with Crippen LogP contribution in [0.1, 0.15) is 58.8 Å². The van der Waals surface area contributed by atoms with Gasteiger partial charge in [-0.2, -0.15) is 0 Å². The van der Waals surface area contributed by atoms with Crippen LogP contribution in [0.2, 0.25) is 0 Å². The zero-order valence-corrected chi connectivity index (χ0v) is 20.8. The number of nitrogens with two attached hydrogens (primary N) is 1. The summed E-state index contributed by atoms with van der Waals surface area (Å²) in [6, 6.07) is 12.6. The molecule has 1 amide bonds. The van der Waals surface area contributed by atoms with Gasteiger partial charge in [0, 0.05) is 34.2 Å². The predicted octanol–water partition coefficient (Wildman–Crippen LogP) is 4.81. The third-order valence-electron chi connectivity index (χ3n) is 7.67. The van der Waals surface area contributed by atoms with Gasteiger partial charge in [-0.05, 0) is 93.7 Å². The van der Waals surface area contributed by atoms with Gasteiger partial charge in [0.25, 0.3) is 0 Å². The number of aromatic nitrogens is 1. The summed E-state index contributed by atoms with van der Waals surface area (Å²) in [5, 5.41) is 1.10. The molecule has 1 aromatic heterocycles. The lowest BCUT2D eigenvalue weighted by Crippen LogP contribution is -2.48. The van der Waals surface area contributed by atoms with Crippen molar-refractivity contribution < 1.29 is 14.3 Å². The predicted molar refractivity (Wildman–Crippen MR) is 139 cm³/mol. The number of primary amides is 1. The zero-order valence-electron chi connectivity index (χ0n) is 20.8. The van der Waals surface area contributed by atoms with Crippen LogP contribution in [0.5, 0.6) is 5.75 Å².